The van der Waals surface area contributed by atoms with Crippen LogP contribution in [0.1, 0.15) is 53.5 Å². The van der Waals surface area contributed by atoms with Crippen LogP contribution in [0, 0.1) is 12.8 Å². The van der Waals surface area contributed by atoms with Gasteiger partial charge in [-0.15, -0.1) is 0 Å². The Morgan fingerprint density at radius 2 is 2.24 bits per heavy atom. The first-order valence-corrected chi connectivity index (χ1v) is 8.46. The Balaban J connectivity index is 1.84. The highest BCUT2D eigenvalue weighted by molar-refractivity contribution is 5.92. The molecule has 1 aliphatic carbocycles. The molecule has 0 unspecified atom stereocenters. The number of aryl methyl sites for hydroxylation is 2. The zero-order valence-corrected chi connectivity index (χ0v) is 14.7. The van der Waals surface area contributed by atoms with Crippen molar-refractivity contribution in [3.8, 4) is 5.75 Å². The summed E-state index contributed by atoms with van der Waals surface area (Å²) < 4.78 is 10.8. The molecular formula is C18H23N3O4. The van der Waals surface area contributed by atoms with E-state index in [2.05, 4.69) is 15.3 Å². The van der Waals surface area contributed by atoms with Crippen molar-refractivity contribution < 1.29 is 19.1 Å². The lowest BCUT2D eigenvalue weighted by Crippen LogP contribution is -2.41. The van der Waals surface area contributed by atoms with Gasteiger partial charge in [-0.3, -0.25) is 9.78 Å². The average molecular weight is 345 g/mol. The molecule has 1 amide bonds. The van der Waals surface area contributed by atoms with Gasteiger partial charge >= 0.3 is 0 Å². The fourth-order valence-electron chi connectivity index (χ4n) is 3.11. The Morgan fingerprint density at radius 3 is 2.84 bits per heavy atom. The molecule has 134 valence electrons. The minimum Gasteiger partial charge on any atom is -0.495 e. The van der Waals surface area contributed by atoms with E-state index in [1.54, 1.807) is 26.4 Å². The third kappa shape index (κ3) is 3.66. The Bertz CT molecular complexity index is 753. The predicted octanol–water partition coefficient (Wildman–Crippen LogP) is 2.19. The van der Waals surface area contributed by atoms with Crippen LogP contribution < -0.4 is 10.1 Å². The van der Waals surface area contributed by atoms with Gasteiger partial charge in [0, 0.05) is 12.6 Å². The largest absolute Gasteiger partial charge is 0.495 e. The summed E-state index contributed by atoms with van der Waals surface area (Å²) >= 11 is 0. The number of carbonyl (C=O) groups is 1. The monoisotopic (exact) mass is 345 g/mol. The summed E-state index contributed by atoms with van der Waals surface area (Å²) in [6.45, 7) is 3.68. The van der Waals surface area contributed by atoms with Crippen molar-refractivity contribution in [2.45, 2.75) is 45.3 Å². The quantitative estimate of drug-likeness (QED) is 0.833. The van der Waals surface area contributed by atoms with Crippen LogP contribution in [0.2, 0.25) is 0 Å². The molecule has 1 saturated carbocycles. The van der Waals surface area contributed by atoms with Gasteiger partial charge in [-0.1, -0.05) is 6.92 Å². The lowest BCUT2D eigenvalue weighted by molar-refractivity contribution is 0.0231. The molecule has 0 aromatic carbocycles. The number of oxazole rings is 1. The van der Waals surface area contributed by atoms with Crippen LogP contribution in [0.5, 0.6) is 5.75 Å². The summed E-state index contributed by atoms with van der Waals surface area (Å²) in [5.41, 5.74) is 1.42. The van der Waals surface area contributed by atoms with Gasteiger partial charge in [0.15, 0.2) is 5.89 Å². The highest BCUT2D eigenvalue weighted by Gasteiger charge is 2.36. The number of aromatic nitrogens is 2. The summed E-state index contributed by atoms with van der Waals surface area (Å²) in [5.74, 6) is 1.24. The number of pyridine rings is 1. The predicted molar refractivity (Wildman–Crippen MR) is 90.3 cm³/mol. The maximum absolute atomic E-state index is 12.7. The van der Waals surface area contributed by atoms with E-state index in [-0.39, 0.29) is 29.7 Å². The summed E-state index contributed by atoms with van der Waals surface area (Å²) in [7, 11) is 1.58. The molecule has 3 rings (SSSR count). The Hall–Kier alpha value is -2.41. The molecule has 1 aliphatic rings. The molecule has 0 spiro atoms. The third-order valence-corrected chi connectivity index (χ3v) is 4.59. The van der Waals surface area contributed by atoms with Crippen LogP contribution in [0.15, 0.2) is 22.9 Å². The van der Waals surface area contributed by atoms with Crippen molar-refractivity contribution >= 4 is 5.91 Å². The fourth-order valence-corrected chi connectivity index (χ4v) is 3.11. The molecule has 2 N–H and O–H groups in total. The van der Waals surface area contributed by atoms with E-state index in [1.165, 1.54) is 0 Å². The van der Waals surface area contributed by atoms with Gasteiger partial charge in [0.1, 0.15) is 5.75 Å². The third-order valence-electron chi connectivity index (χ3n) is 4.59. The van der Waals surface area contributed by atoms with Gasteiger partial charge in [-0.05, 0) is 37.3 Å². The SMILES string of the molecule is CCc1nc(C)c(C(=O)N[C@H](c2cncc(OC)c2)C2CC(O)C2)o1. The first-order chi connectivity index (χ1) is 12.0. The van der Waals surface area contributed by atoms with Gasteiger partial charge in [0.05, 0.1) is 31.1 Å². The van der Waals surface area contributed by atoms with Crippen LogP contribution in [0.25, 0.3) is 0 Å². The second kappa shape index (κ2) is 7.23. The van der Waals surface area contributed by atoms with Crippen molar-refractivity contribution in [2.24, 2.45) is 5.92 Å². The zero-order chi connectivity index (χ0) is 18.0. The summed E-state index contributed by atoms with van der Waals surface area (Å²) in [6.07, 6.45) is 4.91. The van der Waals surface area contributed by atoms with Crippen molar-refractivity contribution in [3.63, 3.8) is 0 Å². The van der Waals surface area contributed by atoms with Crippen LogP contribution in [0.3, 0.4) is 0 Å². The minimum atomic E-state index is -0.318. The molecule has 1 fully saturated rings. The van der Waals surface area contributed by atoms with E-state index >= 15 is 0 Å². The number of rotatable bonds is 6. The standard InChI is InChI=1S/C18H23N3O4/c1-4-15-20-10(2)17(25-15)18(23)21-16(11-5-13(22)6-11)12-7-14(24-3)9-19-8-12/h7-9,11,13,16,22H,4-6H2,1-3H3,(H,21,23)/t11?,13?,16-/m0/s1. The topological polar surface area (TPSA) is 97.5 Å². The first kappa shape index (κ1) is 17.4. The van der Waals surface area contributed by atoms with Gasteiger partial charge in [0.2, 0.25) is 5.76 Å². The molecule has 0 radical (unpaired) electrons. The number of carbonyl (C=O) groups excluding carboxylic acids is 1. The molecule has 0 bridgehead atoms. The smallest absolute Gasteiger partial charge is 0.289 e. The van der Waals surface area contributed by atoms with Crippen molar-refractivity contribution in [2.75, 3.05) is 7.11 Å². The average Bonchev–Trinajstić information content (AvgIpc) is 2.98. The normalized spacial score (nSPS) is 20.6. The van der Waals surface area contributed by atoms with Gasteiger partial charge in [0.25, 0.3) is 5.91 Å². The summed E-state index contributed by atoms with van der Waals surface area (Å²) in [6, 6.07) is 1.58. The van der Waals surface area contributed by atoms with E-state index in [4.69, 9.17) is 9.15 Å². The number of methoxy groups -OCH3 is 1. The van der Waals surface area contributed by atoms with E-state index in [0.29, 0.717) is 36.6 Å². The number of hydrogen-bond acceptors (Lipinski definition) is 6. The lowest BCUT2D eigenvalue weighted by atomic mass is 9.75. The highest BCUT2D eigenvalue weighted by Crippen LogP contribution is 2.38. The summed E-state index contributed by atoms with van der Waals surface area (Å²) in [5, 5.41) is 12.7. The minimum absolute atomic E-state index is 0.140. The molecule has 25 heavy (non-hydrogen) atoms. The fraction of sp³-hybridized carbons (Fsp3) is 0.500. The number of aliphatic hydroxyl groups is 1. The number of nitrogens with one attached hydrogen (secondary N) is 1. The van der Waals surface area contributed by atoms with Crippen LogP contribution in [-0.4, -0.2) is 34.2 Å². The molecule has 2 heterocycles. The molecule has 0 saturated heterocycles. The van der Waals surface area contributed by atoms with Crippen LogP contribution in [-0.2, 0) is 6.42 Å². The van der Waals surface area contributed by atoms with Crippen LogP contribution in [0.4, 0.5) is 0 Å². The van der Waals surface area contributed by atoms with E-state index < -0.39 is 0 Å². The molecule has 1 atom stereocenters. The Labute approximate surface area is 146 Å². The number of hydrogen-bond donors (Lipinski definition) is 2. The second-order valence-electron chi connectivity index (χ2n) is 6.37. The first-order valence-electron chi connectivity index (χ1n) is 8.46. The van der Waals surface area contributed by atoms with Crippen LogP contribution >= 0.6 is 0 Å². The number of aliphatic hydroxyl groups excluding tert-OH is 1. The van der Waals surface area contributed by atoms with Gasteiger partial charge < -0.3 is 19.6 Å². The van der Waals surface area contributed by atoms with E-state index in [1.807, 2.05) is 13.0 Å². The van der Waals surface area contributed by atoms with E-state index in [0.717, 1.165) is 5.56 Å². The number of ether oxygens (including phenoxy) is 1. The maximum atomic E-state index is 12.7. The maximum Gasteiger partial charge on any atom is 0.289 e. The Kier molecular flexibility index (Phi) is 5.03. The molecule has 7 nitrogen and oxygen atoms in total. The molecule has 2 aromatic heterocycles. The van der Waals surface area contributed by atoms with Crippen molar-refractivity contribution in [3.05, 3.63) is 41.4 Å². The number of nitrogens with zero attached hydrogens (tertiary/aromatic N) is 2. The second-order valence-corrected chi connectivity index (χ2v) is 6.37. The highest BCUT2D eigenvalue weighted by atomic mass is 16.5. The Morgan fingerprint density at radius 1 is 1.48 bits per heavy atom. The number of amides is 1. The van der Waals surface area contributed by atoms with E-state index in [9.17, 15) is 9.90 Å². The summed E-state index contributed by atoms with van der Waals surface area (Å²) in [4.78, 5) is 21.1. The molecule has 0 aliphatic heterocycles. The van der Waals surface area contributed by atoms with Gasteiger partial charge in [-0.2, -0.15) is 0 Å². The molecular weight excluding hydrogens is 322 g/mol. The van der Waals surface area contributed by atoms with Gasteiger partial charge in [-0.25, -0.2) is 4.98 Å². The lowest BCUT2D eigenvalue weighted by Gasteiger charge is -2.38. The van der Waals surface area contributed by atoms with Crippen molar-refractivity contribution in [1.29, 1.82) is 0 Å². The molecule has 2 aromatic rings. The molecule has 7 heteroatoms. The zero-order valence-electron chi connectivity index (χ0n) is 14.7. The van der Waals surface area contributed by atoms with Crippen molar-refractivity contribution in [1.82, 2.24) is 15.3 Å².